The number of hydrogen-bond acceptors (Lipinski definition) is 4. The van der Waals surface area contributed by atoms with Gasteiger partial charge in [0.05, 0.1) is 17.3 Å². The van der Waals surface area contributed by atoms with Crippen molar-refractivity contribution < 1.29 is 0 Å². The van der Waals surface area contributed by atoms with Crippen molar-refractivity contribution in [1.82, 2.24) is 30.0 Å². The van der Waals surface area contributed by atoms with Crippen molar-refractivity contribution in [2.24, 2.45) is 0 Å². The van der Waals surface area contributed by atoms with Crippen molar-refractivity contribution in [2.45, 2.75) is 19.9 Å². The van der Waals surface area contributed by atoms with E-state index in [1.165, 1.54) is 0 Å². The van der Waals surface area contributed by atoms with Crippen molar-refractivity contribution in [3.63, 3.8) is 0 Å². The lowest BCUT2D eigenvalue weighted by molar-refractivity contribution is 0.455. The smallest absolute Gasteiger partial charge is 0.209 e. The molecule has 102 valence electrons. The van der Waals surface area contributed by atoms with E-state index in [1.807, 2.05) is 48.9 Å². The lowest BCUT2D eigenvalue weighted by atomic mass is 10.3. The van der Waals surface area contributed by atoms with Gasteiger partial charge in [0.1, 0.15) is 4.64 Å². The second kappa shape index (κ2) is 5.01. The molecule has 3 aromatic rings. The Labute approximate surface area is 121 Å². The van der Waals surface area contributed by atoms with E-state index in [1.54, 1.807) is 11.0 Å². The second-order valence-corrected chi connectivity index (χ2v) is 5.08. The normalized spacial score (nSPS) is 11.2. The van der Waals surface area contributed by atoms with Crippen LogP contribution in [0.5, 0.6) is 0 Å². The lowest BCUT2D eigenvalue weighted by Crippen LogP contribution is -2.04. The third-order valence-corrected chi connectivity index (χ3v) is 3.32. The van der Waals surface area contributed by atoms with Gasteiger partial charge in [-0.2, -0.15) is 4.80 Å². The van der Waals surface area contributed by atoms with Crippen molar-refractivity contribution in [1.29, 1.82) is 0 Å². The van der Waals surface area contributed by atoms with E-state index in [0.29, 0.717) is 10.5 Å². The van der Waals surface area contributed by atoms with Crippen LogP contribution in [0.4, 0.5) is 0 Å². The Morgan fingerprint density at radius 2 is 1.95 bits per heavy atom. The predicted molar refractivity (Wildman–Crippen MR) is 78.1 cm³/mol. The van der Waals surface area contributed by atoms with E-state index < -0.39 is 0 Å². The Bertz CT molecular complexity index is 768. The maximum atomic E-state index is 5.48. The summed E-state index contributed by atoms with van der Waals surface area (Å²) in [5, 5.41) is 15.5. The first-order valence-electron chi connectivity index (χ1n) is 6.32. The molecule has 0 spiro atoms. The number of tetrazole rings is 1. The van der Waals surface area contributed by atoms with Crippen molar-refractivity contribution in [2.75, 3.05) is 0 Å². The molecule has 7 heteroatoms. The summed E-state index contributed by atoms with van der Waals surface area (Å²) in [5.41, 5.74) is 1.75. The van der Waals surface area contributed by atoms with Gasteiger partial charge in [-0.1, -0.05) is 30.4 Å². The average molecular weight is 286 g/mol. The maximum Gasteiger partial charge on any atom is 0.209 e. The summed E-state index contributed by atoms with van der Waals surface area (Å²) in [6.45, 7) is 4.00. The van der Waals surface area contributed by atoms with E-state index in [-0.39, 0.29) is 6.04 Å². The highest BCUT2D eigenvalue weighted by atomic mass is 32.1. The Morgan fingerprint density at radius 1 is 1.20 bits per heavy atom. The molecule has 0 amide bonds. The van der Waals surface area contributed by atoms with Crippen LogP contribution in [0.25, 0.3) is 17.1 Å². The molecule has 0 aliphatic rings. The first kappa shape index (κ1) is 12.7. The molecule has 0 radical (unpaired) electrons. The first-order chi connectivity index (χ1) is 9.66. The summed E-state index contributed by atoms with van der Waals surface area (Å²) in [5.74, 6) is 0.537. The van der Waals surface area contributed by atoms with Gasteiger partial charge in [0, 0.05) is 6.20 Å². The van der Waals surface area contributed by atoms with Gasteiger partial charge in [0.2, 0.25) is 5.82 Å². The average Bonchev–Trinajstić information content (AvgIpc) is 3.06. The van der Waals surface area contributed by atoms with Crippen LogP contribution in [-0.2, 0) is 0 Å². The predicted octanol–water partition coefficient (Wildman–Crippen LogP) is 2.77. The van der Waals surface area contributed by atoms with E-state index in [4.69, 9.17) is 12.2 Å². The van der Waals surface area contributed by atoms with Crippen molar-refractivity contribution >= 4 is 12.2 Å². The van der Waals surface area contributed by atoms with Crippen LogP contribution >= 0.6 is 12.2 Å². The molecule has 0 atom stereocenters. The number of benzene rings is 1. The standard InChI is InChI=1S/C13H14N6S/c1-9(2)19-16-12(15-17-19)11-8-14-18(13(11)20)10-6-4-3-5-7-10/h3-9,14H,1-2H3. The molecule has 1 aromatic carbocycles. The van der Waals surface area contributed by atoms with Gasteiger partial charge in [0.25, 0.3) is 0 Å². The number of aromatic amines is 1. The highest BCUT2D eigenvalue weighted by Gasteiger charge is 2.13. The fourth-order valence-electron chi connectivity index (χ4n) is 1.85. The molecule has 0 bridgehead atoms. The van der Waals surface area contributed by atoms with E-state index >= 15 is 0 Å². The minimum absolute atomic E-state index is 0.171. The fourth-order valence-corrected chi connectivity index (χ4v) is 2.16. The van der Waals surface area contributed by atoms with Crippen LogP contribution in [-0.4, -0.2) is 30.0 Å². The third kappa shape index (κ3) is 2.16. The molecule has 0 unspecified atom stereocenters. The maximum absolute atomic E-state index is 5.48. The van der Waals surface area contributed by atoms with Crippen LogP contribution in [0, 0.1) is 4.64 Å². The molecule has 0 aliphatic carbocycles. The van der Waals surface area contributed by atoms with E-state index in [9.17, 15) is 0 Å². The summed E-state index contributed by atoms with van der Waals surface area (Å²) in [6.07, 6.45) is 1.80. The van der Waals surface area contributed by atoms with Crippen molar-refractivity contribution in [3.8, 4) is 17.1 Å². The summed E-state index contributed by atoms with van der Waals surface area (Å²) < 4.78 is 2.46. The number of para-hydroxylation sites is 1. The third-order valence-electron chi connectivity index (χ3n) is 2.92. The largest absolute Gasteiger partial charge is 0.299 e. The summed E-state index contributed by atoms with van der Waals surface area (Å²) in [7, 11) is 0. The minimum atomic E-state index is 0.171. The van der Waals surface area contributed by atoms with Crippen LogP contribution < -0.4 is 0 Å². The van der Waals surface area contributed by atoms with Crippen LogP contribution in [0.15, 0.2) is 36.5 Å². The van der Waals surface area contributed by atoms with Gasteiger partial charge in [-0.15, -0.1) is 10.2 Å². The summed E-state index contributed by atoms with van der Waals surface area (Å²) in [6, 6.07) is 10.0. The van der Waals surface area contributed by atoms with Gasteiger partial charge < -0.3 is 0 Å². The fraction of sp³-hybridized carbons (Fsp3) is 0.231. The molecule has 20 heavy (non-hydrogen) atoms. The molecule has 0 saturated heterocycles. The molecular formula is C13H14N6S. The molecular weight excluding hydrogens is 272 g/mol. The number of hydrogen-bond donors (Lipinski definition) is 1. The number of rotatable bonds is 3. The quantitative estimate of drug-likeness (QED) is 0.752. The van der Waals surface area contributed by atoms with Gasteiger partial charge in [0.15, 0.2) is 0 Å². The highest BCUT2D eigenvalue weighted by molar-refractivity contribution is 7.71. The topological polar surface area (TPSA) is 64.3 Å². The Morgan fingerprint density at radius 3 is 2.60 bits per heavy atom. The van der Waals surface area contributed by atoms with E-state index in [0.717, 1.165) is 11.3 Å². The van der Waals surface area contributed by atoms with Gasteiger partial charge in [-0.3, -0.25) is 5.10 Å². The Balaban J connectivity index is 2.04. The van der Waals surface area contributed by atoms with Gasteiger partial charge in [-0.25, -0.2) is 4.68 Å². The molecule has 1 N–H and O–H groups in total. The SMILES string of the molecule is CC(C)n1nnc(-c2c[nH]n(-c3ccccc3)c2=S)n1. The van der Waals surface area contributed by atoms with E-state index in [2.05, 4.69) is 20.5 Å². The molecule has 0 aliphatic heterocycles. The van der Waals surface area contributed by atoms with Gasteiger partial charge in [-0.05, 0) is 31.2 Å². The van der Waals surface area contributed by atoms with Crippen molar-refractivity contribution in [3.05, 3.63) is 41.2 Å². The zero-order valence-electron chi connectivity index (χ0n) is 11.2. The molecule has 0 fully saturated rings. The monoisotopic (exact) mass is 286 g/mol. The second-order valence-electron chi connectivity index (χ2n) is 4.69. The molecule has 6 nitrogen and oxygen atoms in total. The zero-order chi connectivity index (χ0) is 14.1. The van der Waals surface area contributed by atoms with Crippen LogP contribution in [0.3, 0.4) is 0 Å². The number of nitrogens with one attached hydrogen (secondary N) is 1. The number of H-pyrrole nitrogens is 1. The Hall–Kier alpha value is -2.28. The summed E-state index contributed by atoms with van der Waals surface area (Å²) >= 11 is 5.48. The molecule has 0 saturated carbocycles. The van der Waals surface area contributed by atoms with Crippen LogP contribution in [0.1, 0.15) is 19.9 Å². The minimum Gasteiger partial charge on any atom is -0.299 e. The van der Waals surface area contributed by atoms with Crippen LogP contribution in [0.2, 0.25) is 0 Å². The molecule has 2 aromatic heterocycles. The summed E-state index contributed by atoms with van der Waals surface area (Å²) in [4.78, 5) is 1.57. The molecule has 2 heterocycles. The Kier molecular flexibility index (Phi) is 3.19. The molecule has 3 rings (SSSR count). The first-order valence-corrected chi connectivity index (χ1v) is 6.73. The zero-order valence-corrected chi connectivity index (χ0v) is 12.0. The number of nitrogens with zero attached hydrogens (tertiary/aromatic N) is 5. The highest BCUT2D eigenvalue weighted by Crippen LogP contribution is 2.18. The lowest BCUT2D eigenvalue weighted by Gasteiger charge is -2.01. The number of aromatic nitrogens is 6. The van der Waals surface area contributed by atoms with Gasteiger partial charge >= 0.3 is 0 Å².